The summed E-state index contributed by atoms with van der Waals surface area (Å²) in [4.78, 5) is 30.3. The summed E-state index contributed by atoms with van der Waals surface area (Å²) in [5, 5.41) is 19.8. The van der Waals surface area contributed by atoms with Crippen LogP contribution in [0.25, 0.3) is 6.08 Å². The fraction of sp³-hybridized carbons (Fsp3) is 0. The van der Waals surface area contributed by atoms with Crippen molar-refractivity contribution in [3.8, 4) is 0 Å². The maximum absolute atomic E-state index is 11.9. The molecule has 2 N–H and O–H groups in total. The molecule has 1 aliphatic rings. The Morgan fingerprint density at radius 2 is 2.09 bits per heavy atom. The first-order chi connectivity index (χ1) is 10.6. The Morgan fingerprint density at radius 1 is 1.32 bits per heavy atom. The van der Waals surface area contributed by atoms with E-state index < -0.39 is 4.92 Å². The molecule has 1 fully saturated rings. The minimum Gasteiger partial charge on any atom is -0.300 e. The lowest BCUT2D eigenvalue weighted by atomic mass is 10.2. The number of aliphatic imine (C=N–C) groups is 1. The molecule has 1 saturated heterocycles. The van der Waals surface area contributed by atoms with Gasteiger partial charge in [-0.2, -0.15) is 15.1 Å². The molecule has 0 atom stereocenters. The zero-order valence-corrected chi connectivity index (χ0v) is 11.7. The zero-order chi connectivity index (χ0) is 15.5. The molecule has 22 heavy (non-hydrogen) atoms. The van der Waals surface area contributed by atoms with Gasteiger partial charge in [-0.05, 0) is 35.5 Å². The van der Waals surface area contributed by atoms with Crippen molar-refractivity contribution in [2.24, 2.45) is 4.99 Å². The fourth-order valence-corrected chi connectivity index (χ4v) is 2.50. The summed E-state index contributed by atoms with van der Waals surface area (Å²) in [6.45, 7) is 0. The molecule has 2 heterocycles. The minimum absolute atomic E-state index is 0.00162. The first kappa shape index (κ1) is 13.9. The van der Waals surface area contributed by atoms with Crippen LogP contribution in [0.5, 0.6) is 0 Å². The van der Waals surface area contributed by atoms with E-state index in [2.05, 4.69) is 25.5 Å². The highest BCUT2D eigenvalue weighted by Crippen LogP contribution is 2.27. The third-order valence-corrected chi connectivity index (χ3v) is 3.57. The first-order valence-corrected chi connectivity index (χ1v) is 6.83. The third-order valence-electron chi connectivity index (χ3n) is 2.66. The van der Waals surface area contributed by atoms with Crippen molar-refractivity contribution in [2.75, 3.05) is 0 Å². The normalized spacial score (nSPS) is 17.9. The summed E-state index contributed by atoms with van der Waals surface area (Å²) in [6, 6.07) is 5.91. The summed E-state index contributed by atoms with van der Waals surface area (Å²) in [5.74, 6) is 0.000930. The number of aromatic amines is 1. The number of rotatable bonds is 3. The lowest BCUT2D eigenvalue weighted by Crippen LogP contribution is -2.19. The lowest BCUT2D eigenvalue weighted by molar-refractivity contribution is -0.384. The number of nitrogens with zero attached hydrogens (tertiary/aromatic N) is 4. The van der Waals surface area contributed by atoms with Gasteiger partial charge in [0.15, 0.2) is 5.17 Å². The van der Waals surface area contributed by atoms with Gasteiger partial charge in [0.1, 0.15) is 6.33 Å². The summed E-state index contributed by atoms with van der Waals surface area (Å²) in [6.07, 6.45) is 2.95. The molecule has 1 aliphatic heterocycles. The molecule has 9 nitrogen and oxygen atoms in total. The maximum Gasteiger partial charge on any atom is 0.269 e. The lowest BCUT2D eigenvalue weighted by Gasteiger charge is -1.95. The molecule has 1 aromatic carbocycles. The van der Waals surface area contributed by atoms with Crippen molar-refractivity contribution in [3.63, 3.8) is 0 Å². The van der Waals surface area contributed by atoms with Gasteiger partial charge in [0, 0.05) is 12.1 Å². The number of amidine groups is 1. The number of hydrogen-bond donors (Lipinski definition) is 2. The van der Waals surface area contributed by atoms with Crippen LogP contribution in [0, 0.1) is 10.1 Å². The van der Waals surface area contributed by atoms with Crippen LogP contribution >= 0.6 is 11.8 Å². The number of thioether (sulfide) groups is 1. The van der Waals surface area contributed by atoms with E-state index in [1.165, 1.54) is 18.5 Å². The van der Waals surface area contributed by atoms with Gasteiger partial charge in [-0.15, -0.1) is 0 Å². The summed E-state index contributed by atoms with van der Waals surface area (Å²) < 4.78 is 0. The molecule has 0 aliphatic carbocycles. The number of carbonyl (C=O) groups excluding carboxylic acids is 1. The number of amides is 1. The second kappa shape index (κ2) is 5.77. The van der Waals surface area contributed by atoms with E-state index in [9.17, 15) is 14.9 Å². The standard InChI is InChI=1S/C12H8N6O3S/c19-10-9(5-7-1-3-8(4-2-7)18(20)21)22-12(15-10)16-11-13-6-14-17-11/h1-6H,(H2,13,14,15,16,17,19)/b9-5-. The van der Waals surface area contributed by atoms with Crippen LogP contribution in [0.1, 0.15) is 5.56 Å². The van der Waals surface area contributed by atoms with Gasteiger partial charge >= 0.3 is 0 Å². The molecule has 0 spiro atoms. The molecule has 1 amide bonds. The topological polar surface area (TPSA) is 126 Å². The number of nitro groups is 1. The largest absolute Gasteiger partial charge is 0.300 e. The van der Waals surface area contributed by atoms with Gasteiger partial charge in [-0.25, -0.2) is 5.10 Å². The Balaban J connectivity index is 1.80. The Hall–Kier alpha value is -3.01. The molecule has 2 aromatic rings. The second-order valence-electron chi connectivity index (χ2n) is 4.14. The number of nitrogens with one attached hydrogen (secondary N) is 2. The molecular weight excluding hydrogens is 308 g/mol. The predicted molar refractivity (Wildman–Crippen MR) is 80.3 cm³/mol. The zero-order valence-electron chi connectivity index (χ0n) is 10.9. The molecular formula is C12H8N6O3S. The van der Waals surface area contributed by atoms with Crippen molar-refractivity contribution in [2.45, 2.75) is 0 Å². The Morgan fingerprint density at radius 3 is 2.73 bits per heavy atom. The number of carbonyl (C=O) groups is 1. The summed E-state index contributed by atoms with van der Waals surface area (Å²) in [5.41, 5.74) is 0.683. The average molecular weight is 316 g/mol. The molecule has 10 heteroatoms. The van der Waals surface area contributed by atoms with E-state index in [0.717, 1.165) is 11.8 Å². The van der Waals surface area contributed by atoms with Crippen molar-refractivity contribution < 1.29 is 9.72 Å². The Labute approximate surface area is 127 Å². The van der Waals surface area contributed by atoms with Crippen molar-refractivity contribution >= 4 is 40.5 Å². The monoisotopic (exact) mass is 316 g/mol. The van der Waals surface area contributed by atoms with E-state index in [1.54, 1.807) is 18.2 Å². The van der Waals surface area contributed by atoms with Crippen molar-refractivity contribution in [3.05, 3.63) is 51.2 Å². The number of aromatic nitrogens is 3. The van der Waals surface area contributed by atoms with Gasteiger partial charge < -0.3 is 5.32 Å². The second-order valence-corrected chi connectivity index (χ2v) is 5.17. The highest BCUT2D eigenvalue weighted by Gasteiger charge is 2.24. The smallest absolute Gasteiger partial charge is 0.269 e. The number of benzene rings is 1. The van der Waals surface area contributed by atoms with Crippen LogP contribution in [0.4, 0.5) is 11.6 Å². The van der Waals surface area contributed by atoms with Crippen LogP contribution in [-0.4, -0.2) is 31.2 Å². The SMILES string of the molecule is O=C1N/C(=N\c2ncn[nH]2)S/C1=C\c1ccc([N+](=O)[O-])cc1. The quantitative estimate of drug-likeness (QED) is 0.503. The van der Waals surface area contributed by atoms with Crippen molar-refractivity contribution in [1.29, 1.82) is 0 Å². The highest BCUT2D eigenvalue weighted by molar-refractivity contribution is 8.18. The first-order valence-electron chi connectivity index (χ1n) is 6.01. The molecule has 0 radical (unpaired) electrons. The van der Waals surface area contributed by atoms with Gasteiger partial charge in [0.05, 0.1) is 9.83 Å². The molecule has 0 unspecified atom stereocenters. The average Bonchev–Trinajstić information content (AvgIpc) is 3.11. The van der Waals surface area contributed by atoms with Gasteiger partial charge in [-0.3, -0.25) is 14.9 Å². The molecule has 0 bridgehead atoms. The van der Waals surface area contributed by atoms with E-state index in [-0.39, 0.29) is 11.6 Å². The highest BCUT2D eigenvalue weighted by atomic mass is 32.2. The third kappa shape index (κ3) is 3.01. The van der Waals surface area contributed by atoms with Gasteiger partial charge in [-0.1, -0.05) is 0 Å². The fourth-order valence-electron chi connectivity index (χ4n) is 1.67. The molecule has 110 valence electrons. The number of H-pyrrole nitrogens is 1. The summed E-state index contributed by atoms with van der Waals surface area (Å²) in [7, 11) is 0. The molecule has 3 rings (SSSR count). The van der Waals surface area contributed by atoms with Gasteiger partial charge in [0.25, 0.3) is 11.6 Å². The summed E-state index contributed by atoms with van der Waals surface area (Å²) >= 11 is 1.15. The number of nitro benzene ring substituents is 1. The Kier molecular flexibility index (Phi) is 3.66. The van der Waals surface area contributed by atoms with E-state index in [1.807, 2.05) is 0 Å². The Bertz CT molecular complexity index is 782. The van der Waals surface area contributed by atoms with E-state index in [0.29, 0.717) is 21.6 Å². The van der Waals surface area contributed by atoms with Crippen LogP contribution in [-0.2, 0) is 4.79 Å². The number of non-ortho nitro benzene ring substituents is 1. The van der Waals surface area contributed by atoms with Crippen LogP contribution in [0.15, 0.2) is 40.5 Å². The number of hydrogen-bond acceptors (Lipinski definition) is 7. The minimum atomic E-state index is -0.476. The van der Waals surface area contributed by atoms with Crippen LogP contribution < -0.4 is 5.32 Å². The van der Waals surface area contributed by atoms with E-state index in [4.69, 9.17) is 0 Å². The molecule has 1 aromatic heterocycles. The van der Waals surface area contributed by atoms with Crippen LogP contribution in [0.2, 0.25) is 0 Å². The van der Waals surface area contributed by atoms with Crippen molar-refractivity contribution in [1.82, 2.24) is 20.5 Å². The van der Waals surface area contributed by atoms with E-state index >= 15 is 0 Å². The predicted octanol–water partition coefficient (Wildman–Crippen LogP) is 1.60. The van der Waals surface area contributed by atoms with Gasteiger partial charge in [0.2, 0.25) is 5.95 Å². The van der Waals surface area contributed by atoms with Crippen LogP contribution in [0.3, 0.4) is 0 Å². The molecule has 0 saturated carbocycles. The maximum atomic E-state index is 11.9.